The molecule has 0 aliphatic rings. The van der Waals surface area contributed by atoms with E-state index in [2.05, 4.69) is 10.6 Å². The highest BCUT2D eigenvalue weighted by atomic mass is 32.2. The molecule has 0 saturated heterocycles. The summed E-state index contributed by atoms with van der Waals surface area (Å²) in [5.41, 5.74) is 1.32. The summed E-state index contributed by atoms with van der Waals surface area (Å²) in [7, 11) is 4.78. The molecule has 0 aliphatic carbocycles. The molecule has 0 spiro atoms. The molecule has 0 radical (unpaired) electrons. The van der Waals surface area contributed by atoms with Crippen molar-refractivity contribution in [3.05, 3.63) is 58.4 Å². The number of aromatic nitrogens is 2. The van der Waals surface area contributed by atoms with Gasteiger partial charge in [0.25, 0.3) is 5.56 Å². The Morgan fingerprint density at radius 1 is 1.02 bits per heavy atom. The topological polar surface area (TPSA) is 121 Å². The summed E-state index contributed by atoms with van der Waals surface area (Å²) in [6, 6.07) is 12.7. The highest BCUT2D eigenvalue weighted by Gasteiger charge is 2.22. The monoisotopic (exact) mass is 570 g/mol. The van der Waals surface area contributed by atoms with Crippen molar-refractivity contribution >= 4 is 34.5 Å². The van der Waals surface area contributed by atoms with E-state index in [4.69, 9.17) is 19.2 Å². The standard InChI is InChI=1S/C29H38N4O6S/c1-5-25(27(35)31-15-8-18-37-2)40-29-32-22-10-7-6-9-21(22)28(36)33(29)17-14-26(34)30-16-13-20-11-12-23(38-3)24(19-20)39-4/h6-7,9-12,19,25H,5,8,13-18H2,1-4H3,(H,30,34)(H,31,35)/t25-/m0/s1. The number of ether oxygens (including phenoxy) is 3. The maximum absolute atomic E-state index is 13.4. The number of benzene rings is 2. The van der Waals surface area contributed by atoms with Crippen molar-refractivity contribution < 1.29 is 23.8 Å². The molecule has 3 rings (SSSR count). The van der Waals surface area contributed by atoms with Gasteiger partial charge in [-0.1, -0.05) is 36.9 Å². The lowest BCUT2D eigenvalue weighted by molar-refractivity contribution is -0.121. The van der Waals surface area contributed by atoms with Crippen LogP contribution in [0.3, 0.4) is 0 Å². The number of fused-ring (bicyclic) bond motifs is 1. The number of hydrogen-bond acceptors (Lipinski definition) is 8. The van der Waals surface area contributed by atoms with Crippen LogP contribution in [0.5, 0.6) is 11.5 Å². The van der Waals surface area contributed by atoms with Gasteiger partial charge >= 0.3 is 0 Å². The number of hydrogen-bond donors (Lipinski definition) is 2. The summed E-state index contributed by atoms with van der Waals surface area (Å²) in [5, 5.41) is 6.30. The maximum Gasteiger partial charge on any atom is 0.262 e. The van der Waals surface area contributed by atoms with Gasteiger partial charge in [0, 0.05) is 39.8 Å². The Balaban J connectivity index is 1.68. The number of carbonyl (C=O) groups is 2. The van der Waals surface area contributed by atoms with Crippen LogP contribution in [0.4, 0.5) is 0 Å². The molecule has 0 fully saturated rings. The molecule has 0 aliphatic heterocycles. The predicted octanol–water partition coefficient (Wildman–Crippen LogP) is 3.19. The van der Waals surface area contributed by atoms with Crippen molar-refractivity contribution in [1.82, 2.24) is 20.2 Å². The summed E-state index contributed by atoms with van der Waals surface area (Å²) < 4.78 is 17.2. The van der Waals surface area contributed by atoms with Crippen LogP contribution in [0.15, 0.2) is 52.4 Å². The van der Waals surface area contributed by atoms with Crippen LogP contribution in [0, 0.1) is 0 Å². The summed E-state index contributed by atoms with van der Waals surface area (Å²) >= 11 is 1.24. The minimum Gasteiger partial charge on any atom is -0.493 e. The quantitative estimate of drug-likeness (QED) is 0.153. The lowest BCUT2D eigenvalue weighted by atomic mass is 10.1. The van der Waals surface area contributed by atoms with Crippen LogP contribution in [0.25, 0.3) is 10.9 Å². The van der Waals surface area contributed by atoms with Crippen molar-refractivity contribution in [3.63, 3.8) is 0 Å². The van der Waals surface area contributed by atoms with Crippen LogP contribution in [0.2, 0.25) is 0 Å². The Bertz CT molecular complexity index is 1350. The fourth-order valence-electron chi connectivity index (χ4n) is 4.11. The Morgan fingerprint density at radius 2 is 1.80 bits per heavy atom. The molecule has 10 nitrogen and oxygen atoms in total. The van der Waals surface area contributed by atoms with Gasteiger partial charge in [0.2, 0.25) is 11.8 Å². The first kappa shape index (κ1) is 31.0. The van der Waals surface area contributed by atoms with Crippen LogP contribution in [0.1, 0.15) is 31.7 Å². The number of thioether (sulfide) groups is 1. The molecule has 216 valence electrons. The van der Waals surface area contributed by atoms with Crippen molar-refractivity contribution in [1.29, 1.82) is 0 Å². The molecule has 1 aromatic heterocycles. The average Bonchev–Trinajstić information content (AvgIpc) is 2.97. The molecule has 2 amide bonds. The van der Waals surface area contributed by atoms with Gasteiger partial charge in [0.1, 0.15) is 0 Å². The number of carbonyl (C=O) groups excluding carboxylic acids is 2. The van der Waals surface area contributed by atoms with E-state index in [1.807, 2.05) is 31.2 Å². The molecule has 1 atom stereocenters. The molecule has 0 saturated carbocycles. The van der Waals surface area contributed by atoms with Crippen LogP contribution < -0.4 is 25.7 Å². The van der Waals surface area contributed by atoms with Gasteiger partial charge in [-0.05, 0) is 49.1 Å². The molecular formula is C29H38N4O6S. The molecule has 11 heteroatoms. The third kappa shape index (κ3) is 8.46. The predicted molar refractivity (Wildman–Crippen MR) is 156 cm³/mol. The normalized spacial score (nSPS) is 11.7. The second-order valence-corrected chi connectivity index (χ2v) is 10.2. The Morgan fingerprint density at radius 3 is 2.52 bits per heavy atom. The maximum atomic E-state index is 13.4. The first-order valence-corrected chi connectivity index (χ1v) is 14.2. The van der Waals surface area contributed by atoms with E-state index in [1.54, 1.807) is 39.5 Å². The van der Waals surface area contributed by atoms with E-state index in [-0.39, 0.29) is 30.3 Å². The van der Waals surface area contributed by atoms with Crippen molar-refractivity contribution in [2.24, 2.45) is 0 Å². The first-order chi connectivity index (χ1) is 19.4. The lowest BCUT2D eigenvalue weighted by Crippen LogP contribution is -2.34. The number of nitrogens with one attached hydrogen (secondary N) is 2. The zero-order valence-corrected chi connectivity index (χ0v) is 24.3. The molecule has 0 bridgehead atoms. The molecule has 40 heavy (non-hydrogen) atoms. The summed E-state index contributed by atoms with van der Waals surface area (Å²) in [5.74, 6) is 0.978. The van der Waals surface area contributed by atoms with E-state index in [0.717, 1.165) is 5.56 Å². The van der Waals surface area contributed by atoms with E-state index in [1.165, 1.54) is 16.3 Å². The molecule has 1 heterocycles. The van der Waals surface area contributed by atoms with Gasteiger partial charge in [-0.25, -0.2) is 4.98 Å². The second-order valence-electron chi connectivity index (χ2n) is 9.06. The molecular weight excluding hydrogens is 532 g/mol. The van der Waals surface area contributed by atoms with Gasteiger partial charge in [-0.3, -0.25) is 19.0 Å². The number of para-hydroxylation sites is 1. The molecule has 2 N–H and O–H groups in total. The van der Waals surface area contributed by atoms with Crippen molar-refractivity contribution in [2.45, 2.75) is 49.6 Å². The molecule has 2 aromatic carbocycles. The van der Waals surface area contributed by atoms with Crippen LogP contribution in [-0.2, 0) is 27.3 Å². The van der Waals surface area contributed by atoms with Crippen molar-refractivity contribution in [3.8, 4) is 11.5 Å². The van der Waals surface area contributed by atoms with Gasteiger partial charge in [-0.15, -0.1) is 0 Å². The Labute approximate surface area is 238 Å². The van der Waals surface area contributed by atoms with E-state index < -0.39 is 5.25 Å². The number of methoxy groups -OCH3 is 3. The smallest absolute Gasteiger partial charge is 0.262 e. The van der Waals surface area contributed by atoms with Crippen LogP contribution in [-0.4, -0.2) is 67.6 Å². The van der Waals surface area contributed by atoms with E-state index >= 15 is 0 Å². The Hall–Kier alpha value is -3.57. The zero-order chi connectivity index (χ0) is 28.9. The third-order valence-electron chi connectivity index (χ3n) is 6.31. The zero-order valence-electron chi connectivity index (χ0n) is 23.5. The highest BCUT2D eigenvalue weighted by molar-refractivity contribution is 8.00. The lowest BCUT2D eigenvalue weighted by Gasteiger charge is -2.18. The van der Waals surface area contributed by atoms with Gasteiger partial charge in [0.15, 0.2) is 16.7 Å². The SMILES string of the molecule is CC[C@H](Sc1nc2ccccc2c(=O)n1CCC(=O)NCCc1ccc(OC)c(OC)c1)C(=O)NCCCOC. The van der Waals surface area contributed by atoms with E-state index in [9.17, 15) is 14.4 Å². The first-order valence-electron chi connectivity index (χ1n) is 13.3. The average molecular weight is 571 g/mol. The number of amides is 2. The van der Waals surface area contributed by atoms with E-state index in [0.29, 0.717) is 66.5 Å². The number of nitrogens with zero attached hydrogens (tertiary/aromatic N) is 2. The van der Waals surface area contributed by atoms with Gasteiger partial charge in [0.05, 0.1) is 30.4 Å². The fourth-order valence-corrected chi connectivity index (χ4v) is 5.17. The third-order valence-corrected chi connectivity index (χ3v) is 7.66. The molecule has 3 aromatic rings. The summed E-state index contributed by atoms with van der Waals surface area (Å²) in [4.78, 5) is 43.6. The minimum absolute atomic E-state index is 0.0967. The largest absolute Gasteiger partial charge is 0.493 e. The fraction of sp³-hybridized carbons (Fsp3) is 0.448. The molecule has 0 unspecified atom stereocenters. The summed E-state index contributed by atoms with van der Waals surface area (Å²) in [6.45, 7) is 3.56. The highest BCUT2D eigenvalue weighted by Crippen LogP contribution is 2.28. The van der Waals surface area contributed by atoms with Gasteiger partial charge < -0.3 is 24.8 Å². The van der Waals surface area contributed by atoms with Crippen LogP contribution >= 0.6 is 11.8 Å². The minimum atomic E-state index is -0.433. The van der Waals surface area contributed by atoms with Crippen molar-refractivity contribution in [2.75, 3.05) is 41.0 Å². The van der Waals surface area contributed by atoms with Gasteiger partial charge in [-0.2, -0.15) is 0 Å². The number of rotatable bonds is 16. The summed E-state index contributed by atoms with van der Waals surface area (Å²) in [6.07, 6.45) is 1.98. The Kier molecular flexibility index (Phi) is 12.3. The second kappa shape index (κ2) is 15.9.